The zero-order valence-corrected chi connectivity index (χ0v) is 36.3. The molecule has 15 heteroatoms. The third-order valence-corrected chi connectivity index (χ3v) is 15.1. The molecule has 0 bridgehead atoms. The van der Waals surface area contributed by atoms with Crippen molar-refractivity contribution in [2.75, 3.05) is 36.4 Å². The minimum atomic E-state index is -4.56. The van der Waals surface area contributed by atoms with Gasteiger partial charge in [-0.3, -0.25) is 19.8 Å². The highest BCUT2D eigenvalue weighted by molar-refractivity contribution is 7.90. The summed E-state index contributed by atoms with van der Waals surface area (Å²) >= 11 is 0. The van der Waals surface area contributed by atoms with Crippen LogP contribution in [-0.4, -0.2) is 77.0 Å². The zero-order valence-electron chi connectivity index (χ0n) is 35.5. The molecular formula is C47H55N7O7S. The first-order chi connectivity index (χ1) is 29.7. The van der Waals surface area contributed by atoms with E-state index in [2.05, 4.69) is 67.9 Å². The molecule has 3 aromatic carbocycles. The Morgan fingerprint density at radius 3 is 2.58 bits per heavy atom. The predicted octanol–water partition coefficient (Wildman–Crippen LogP) is 8.66. The van der Waals surface area contributed by atoms with Crippen molar-refractivity contribution in [2.45, 2.75) is 101 Å². The number of aliphatic hydroxyl groups is 1. The van der Waals surface area contributed by atoms with Gasteiger partial charge in [0, 0.05) is 66.5 Å². The summed E-state index contributed by atoms with van der Waals surface area (Å²) in [5.41, 5.74) is 3.68. The number of nitrogens with one attached hydrogen (secondary N) is 3. The maximum absolute atomic E-state index is 13.9. The Balaban J connectivity index is 0.903. The van der Waals surface area contributed by atoms with E-state index in [1.54, 1.807) is 24.4 Å². The number of hydrogen-bond acceptors (Lipinski definition) is 11. The Kier molecular flexibility index (Phi) is 11.0. The molecule has 1 atom stereocenters. The van der Waals surface area contributed by atoms with Crippen LogP contribution in [0.4, 0.5) is 17.1 Å². The lowest BCUT2D eigenvalue weighted by Crippen LogP contribution is -2.66. The molecule has 2 aliphatic carbocycles. The smallest absolute Gasteiger partial charge is 0.293 e. The van der Waals surface area contributed by atoms with Crippen LogP contribution in [0.1, 0.15) is 106 Å². The standard InChI is InChI=1S/C47H55N7O7S/c1-30(2)37-7-4-5-8-38(37)41-9-6-20-53(41)34-24-47(25-34)28-52(29-47)33-10-12-39(43(22-33)61-35-21-32-16-19-48-44(32)50-27-35)45(55)51-62(59,60)36-11-13-40(42(23-36)54(57)58)49-26-31-14-17-46(3,56)18-15-31/h4-5,7-8,10-13,16,19,21-23,27,30-31,34,41,49,56H,6,9,14-15,17-18,20,24-26,28-29H2,1-3H3,(H,48,50)(H,51,55)/t31?,41-,46?/m0/s1. The number of hydrogen-bond donors (Lipinski definition) is 4. The fourth-order valence-corrected chi connectivity index (χ4v) is 11.3. The summed E-state index contributed by atoms with van der Waals surface area (Å²) in [6.07, 6.45) is 10.8. The van der Waals surface area contributed by atoms with E-state index in [1.807, 2.05) is 19.1 Å². The topological polar surface area (TPSA) is 183 Å². The van der Waals surface area contributed by atoms with E-state index in [4.69, 9.17) is 4.74 Å². The highest BCUT2D eigenvalue weighted by Gasteiger charge is 2.55. The van der Waals surface area contributed by atoms with Gasteiger partial charge in [-0.05, 0) is 124 Å². The number of aromatic amines is 1. The first kappa shape index (κ1) is 41.8. The molecule has 14 nitrogen and oxygen atoms in total. The van der Waals surface area contributed by atoms with Crippen molar-refractivity contribution >= 4 is 44.0 Å². The predicted molar refractivity (Wildman–Crippen MR) is 238 cm³/mol. The normalized spacial score (nSPS) is 22.7. The number of pyridine rings is 1. The van der Waals surface area contributed by atoms with Crippen LogP contribution in [0.5, 0.6) is 11.5 Å². The van der Waals surface area contributed by atoms with Crippen molar-refractivity contribution in [3.8, 4) is 11.5 Å². The van der Waals surface area contributed by atoms with Crippen molar-refractivity contribution in [1.29, 1.82) is 0 Å². The van der Waals surface area contributed by atoms with Gasteiger partial charge in [0.05, 0.1) is 27.2 Å². The van der Waals surface area contributed by atoms with Crippen LogP contribution in [0.2, 0.25) is 0 Å². The summed E-state index contributed by atoms with van der Waals surface area (Å²) in [5.74, 6) is 0.261. The van der Waals surface area contributed by atoms with E-state index in [0.29, 0.717) is 48.8 Å². The first-order valence-electron chi connectivity index (χ1n) is 21.8. The Hall–Kier alpha value is -5.51. The van der Waals surface area contributed by atoms with Gasteiger partial charge in [0.1, 0.15) is 22.8 Å². The highest BCUT2D eigenvalue weighted by atomic mass is 32.2. The van der Waals surface area contributed by atoms with Crippen LogP contribution in [0.3, 0.4) is 0 Å². The van der Waals surface area contributed by atoms with Gasteiger partial charge in [-0.15, -0.1) is 0 Å². The monoisotopic (exact) mass is 861 g/mol. The SMILES string of the molecule is CC(C)c1ccccc1[C@@H]1CCCN1C1CC2(C1)CN(c1ccc(C(=O)NS(=O)(=O)c3ccc(NCC4CCC(C)(O)CC4)c([N+](=O)[O-])c3)c(Oc3cnc4[nH]ccc4c3)c1)C2. The molecule has 0 unspecified atom stereocenters. The average Bonchev–Trinajstić information content (AvgIpc) is 3.89. The average molecular weight is 862 g/mol. The number of benzene rings is 3. The lowest BCUT2D eigenvalue weighted by Gasteiger charge is -2.62. The number of anilines is 2. The third kappa shape index (κ3) is 8.37. The molecule has 1 spiro atoms. The second kappa shape index (κ2) is 16.3. The lowest BCUT2D eigenvalue weighted by atomic mass is 9.60. The molecule has 4 N–H and O–H groups in total. The van der Waals surface area contributed by atoms with E-state index in [9.17, 15) is 28.4 Å². The first-order valence-corrected chi connectivity index (χ1v) is 23.3. The van der Waals surface area contributed by atoms with E-state index in [0.717, 1.165) is 62.5 Å². The lowest BCUT2D eigenvalue weighted by molar-refractivity contribution is -0.384. The maximum atomic E-state index is 13.9. The molecule has 5 aromatic rings. The van der Waals surface area contributed by atoms with E-state index in [1.165, 1.54) is 42.3 Å². The summed E-state index contributed by atoms with van der Waals surface area (Å²) < 4.78 is 35.9. The van der Waals surface area contributed by atoms with Crippen molar-refractivity contribution in [3.63, 3.8) is 0 Å². The number of nitrogens with zero attached hydrogens (tertiary/aromatic N) is 4. The number of ether oxygens (including phenoxy) is 1. The fourth-order valence-electron chi connectivity index (χ4n) is 10.3. The van der Waals surface area contributed by atoms with Gasteiger partial charge >= 0.3 is 0 Å². The van der Waals surface area contributed by atoms with Crippen LogP contribution < -0.4 is 19.7 Å². The van der Waals surface area contributed by atoms with Crippen molar-refractivity contribution < 1.29 is 28.0 Å². The van der Waals surface area contributed by atoms with Gasteiger partial charge in [0.25, 0.3) is 21.6 Å². The maximum Gasteiger partial charge on any atom is 0.293 e. The highest BCUT2D eigenvalue weighted by Crippen LogP contribution is 2.54. The van der Waals surface area contributed by atoms with E-state index < -0.39 is 37.0 Å². The summed E-state index contributed by atoms with van der Waals surface area (Å²) in [6, 6.07) is 22.2. The van der Waals surface area contributed by atoms with Crippen molar-refractivity contribution in [2.24, 2.45) is 11.3 Å². The molecule has 2 saturated carbocycles. The number of likely N-dealkylation sites (tertiary alicyclic amines) is 1. The van der Waals surface area contributed by atoms with Gasteiger partial charge < -0.3 is 25.0 Å². The van der Waals surface area contributed by atoms with Crippen molar-refractivity contribution in [3.05, 3.63) is 112 Å². The Morgan fingerprint density at radius 2 is 1.82 bits per heavy atom. The number of nitro benzene ring substituents is 1. The Labute approximate surface area is 362 Å². The minimum Gasteiger partial charge on any atom is -0.455 e. The second-order valence-electron chi connectivity index (χ2n) is 18.7. The number of amides is 1. The molecule has 4 fully saturated rings. The van der Waals surface area contributed by atoms with Crippen LogP contribution in [0, 0.1) is 21.4 Å². The summed E-state index contributed by atoms with van der Waals surface area (Å²) in [7, 11) is -4.56. The molecular weight excluding hydrogens is 807 g/mol. The summed E-state index contributed by atoms with van der Waals surface area (Å²) in [4.78, 5) is 37.5. The van der Waals surface area contributed by atoms with E-state index in [-0.39, 0.29) is 28.3 Å². The van der Waals surface area contributed by atoms with E-state index >= 15 is 0 Å². The number of carbonyl (C=O) groups excluding carboxylic acids is 1. The number of fused-ring (bicyclic) bond motifs is 1. The molecule has 9 rings (SSSR count). The molecule has 2 aliphatic heterocycles. The number of carbonyl (C=O) groups is 1. The number of sulfonamides is 1. The molecule has 4 aliphatic rings. The molecule has 326 valence electrons. The summed E-state index contributed by atoms with van der Waals surface area (Å²) in [6.45, 7) is 9.66. The van der Waals surface area contributed by atoms with Gasteiger partial charge in [0.2, 0.25) is 0 Å². The number of H-pyrrole nitrogens is 1. The number of aromatic nitrogens is 2. The molecule has 0 radical (unpaired) electrons. The summed E-state index contributed by atoms with van der Waals surface area (Å²) in [5, 5.41) is 26.3. The number of nitro groups is 1. The van der Waals surface area contributed by atoms with Gasteiger partial charge in [0.15, 0.2) is 0 Å². The molecule has 62 heavy (non-hydrogen) atoms. The Morgan fingerprint density at radius 1 is 1.05 bits per heavy atom. The minimum absolute atomic E-state index is 0.0218. The van der Waals surface area contributed by atoms with Gasteiger partial charge in [-0.25, -0.2) is 18.1 Å². The van der Waals surface area contributed by atoms with Crippen LogP contribution in [0.25, 0.3) is 11.0 Å². The molecule has 2 saturated heterocycles. The molecule has 2 aromatic heterocycles. The Bertz CT molecular complexity index is 2600. The molecule has 4 heterocycles. The number of rotatable bonds is 13. The largest absolute Gasteiger partial charge is 0.455 e. The van der Waals surface area contributed by atoms with Crippen LogP contribution >= 0.6 is 0 Å². The molecule has 1 amide bonds. The van der Waals surface area contributed by atoms with Crippen LogP contribution in [-0.2, 0) is 10.0 Å². The van der Waals surface area contributed by atoms with Gasteiger partial charge in [-0.2, -0.15) is 0 Å². The quantitative estimate of drug-likeness (QED) is 0.0657. The van der Waals surface area contributed by atoms with Gasteiger partial charge in [-0.1, -0.05) is 38.1 Å². The fraction of sp³-hybridized carbons (Fsp3) is 0.447. The van der Waals surface area contributed by atoms with Crippen molar-refractivity contribution in [1.82, 2.24) is 19.6 Å². The third-order valence-electron chi connectivity index (χ3n) is 13.8. The second-order valence-corrected chi connectivity index (χ2v) is 20.3. The van der Waals surface area contributed by atoms with Crippen LogP contribution in [0.15, 0.2) is 90.1 Å². The zero-order chi connectivity index (χ0) is 43.4.